The lowest BCUT2D eigenvalue weighted by molar-refractivity contribution is 0.0115. The van der Waals surface area contributed by atoms with Gasteiger partial charge in [0.15, 0.2) is 5.60 Å². The first kappa shape index (κ1) is 7.62. The van der Waals surface area contributed by atoms with E-state index in [4.69, 9.17) is 9.57 Å². The highest BCUT2D eigenvalue weighted by molar-refractivity contribution is 5.63. The van der Waals surface area contributed by atoms with E-state index < -0.39 is 5.60 Å². The molecular weight excluding hydrogens is 178 g/mol. The minimum absolute atomic E-state index is 0.422. The van der Waals surface area contributed by atoms with Crippen LogP contribution in [-0.4, -0.2) is 6.21 Å². The molecule has 2 aliphatic rings. The molecule has 0 N–H and O–H groups in total. The Morgan fingerprint density at radius 3 is 3.07 bits per heavy atom. The SMILES string of the molecule is C1=CC2(CC=NO2)c2ccccc2O1. The van der Waals surface area contributed by atoms with Crippen LogP contribution >= 0.6 is 0 Å². The Hall–Kier alpha value is -1.77. The fraction of sp³-hybridized carbons (Fsp3) is 0.182. The van der Waals surface area contributed by atoms with Crippen molar-refractivity contribution in [2.75, 3.05) is 0 Å². The monoisotopic (exact) mass is 187 g/mol. The van der Waals surface area contributed by atoms with Crippen LogP contribution in [0.3, 0.4) is 0 Å². The molecule has 3 rings (SSSR count). The minimum atomic E-state index is -0.422. The van der Waals surface area contributed by atoms with Crippen LogP contribution in [0, 0.1) is 0 Å². The van der Waals surface area contributed by atoms with Crippen molar-refractivity contribution in [2.45, 2.75) is 12.0 Å². The molecule has 0 fully saturated rings. The number of hydrogen-bond acceptors (Lipinski definition) is 3. The van der Waals surface area contributed by atoms with Gasteiger partial charge in [0.1, 0.15) is 5.75 Å². The van der Waals surface area contributed by atoms with Crippen LogP contribution in [0.5, 0.6) is 5.75 Å². The Labute approximate surface area is 81.6 Å². The number of ether oxygens (including phenoxy) is 1. The molecule has 0 radical (unpaired) electrons. The van der Waals surface area contributed by atoms with E-state index in [-0.39, 0.29) is 0 Å². The van der Waals surface area contributed by atoms with E-state index >= 15 is 0 Å². The van der Waals surface area contributed by atoms with Gasteiger partial charge in [0.25, 0.3) is 0 Å². The maximum Gasteiger partial charge on any atom is 0.192 e. The molecular formula is C11H9NO2. The summed E-state index contributed by atoms with van der Waals surface area (Å²) in [6.45, 7) is 0. The Morgan fingerprint density at radius 2 is 2.21 bits per heavy atom. The fourth-order valence-electron chi connectivity index (χ4n) is 1.83. The van der Waals surface area contributed by atoms with Crippen molar-refractivity contribution in [3.63, 3.8) is 0 Å². The summed E-state index contributed by atoms with van der Waals surface area (Å²) >= 11 is 0. The van der Waals surface area contributed by atoms with E-state index in [0.29, 0.717) is 0 Å². The summed E-state index contributed by atoms with van der Waals surface area (Å²) in [7, 11) is 0. The molecule has 1 unspecified atom stereocenters. The number of benzene rings is 1. The number of para-hydroxylation sites is 1. The molecule has 3 heteroatoms. The molecule has 70 valence electrons. The van der Waals surface area contributed by atoms with Crippen LogP contribution in [0.15, 0.2) is 41.8 Å². The minimum Gasteiger partial charge on any atom is -0.465 e. The largest absolute Gasteiger partial charge is 0.465 e. The number of oxime groups is 1. The topological polar surface area (TPSA) is 30.8 Å². The number of hydrogen-bond donors (Lipinski definition) is 0. The molecule has 0 amide bonds. The van der Waals surface area contributed by atoms with Gasteiger partial charge in [0.05, 0.1) is 6.26 Å². The molecule has 0 bridgehead atoms. The summed E-state index contributed by atoms with van der Waals surface area (Å²) < 4.78 is 5.39. The summed E-state index contributed by atoms with van der Waals surface area (Å²) in [6, 6.07) is 7.86. The number of fused-ring (bicyclic) bond motifs is 2. The quantitative estimate of drug-likeness (QED) is 0.623. The van der Waals surface area contributed by atoms with Gasteiger partial charge in [0.2, 0.25) is 0 Å². The molecule has 0 saturated heterocycles. The van der Waals surface area contributed by atoms with Crippen molar-refractivity contribution in [2.24, 2.45) is 5.16 Å². The van der Waals surface area contributed by atoms with Crippen molar-refractivity contribution in [1.82, 2.24) is 0 Å². The second kappa shape index (κ2) is 2.61. The van der Waals surface area contributed by atoms with Gasteiger partial charge in [-0.2, -0.15) is 0 Å². The molecule has 1 aromatic rings. The van der Waals surface area contributed by atoms with Crippen LogP contribution in [0.2, 0.25) is 0 Å². The third-order valence-electron chi connectivity index (χ3n) is 2.56. The van der Waals surface area contributed by atoms with Gasteiger partial charge < -0.3 is 9.57 Å². The van der Waals surface area contributed by atoms with Crippen molar-refractivity contribution in [3.05, 3.63) is 42.2 Å². The Balaban J connectivity index is 2.15. The highest BCUT2D eigenvalue weighted by Gasteiger charge is 2.39. The van der Waals surface area contributed by atoms with Gasteiger partial charge in [-0.05, 0) is 6.07 Å². The molecule has 3 nitrogen and oxygen atoms in total. The number of rotatable bonds is 0. The van der Waals surface area contributed by atoms with Crippen LogP contribution < -0.4 is 4.74 Å². The van der Waals surface area contributed by atoms with Gasteiger partial charge in [0, 0.05) is 24.3 Å². The molecule has 1 aromatic carbocycles. The molecule has 0 aliphatic carbocycles. The lowest BCUT2D eigenvalue weighted by Crippen LogP contribution is -2.25. The summed E-state index contributed by atoms with van der Waals surface area (Å²) in [5, 5.41) is 3.83. The van der Waals surface area contributed by atoms with Crippen molar-refractivity contribution in [1.29, 1.82) is 0 Å². The average molecular weight is 187 g/mol. The first-order chi connectivity index (χ1) is 6.91. The first-order valence-electron chi connectivity index (χ1n) is 4.55. The van der Waals surface area contributed by atoms with Crippen LogP contribution in [-0.2, 0) is 10.4 Å². The van der Waals surface area contributed by atoms with E-state index in [1.807, 2.05) is 30.3 Å². The predicted molar refractivity (Wildman–Crippen MR) is 52.1 cm³/mol. The van der Waals surface area contributed by atoms with Gasteiger partial charge in [-0.25, -0.2) is 0 Å². The molecule has 1 atom stereocenters. The van der Waals surface area contributed by atoms with Gasteiger partial charge >= 0.3 is 0 Å². The van der Waals surface area contributed by atoms with Crippen LogP contribution in [0.4, 0.5) is 0 Å². The van der Waals surface area contributed by atoms with E-state index in [2.05, 4.69) is 5.16 Å². The Bertz CT molecular complexity index is 415. The van der Waals surface area contributed by atoms with Crippen molar-refractivity contribution < 1.29 is 9.57 Å². The summed E-state index contributed by atoms with van der Waals surface area (Å²) in [6.07, 6.45) is 6.12. The van der Waals surface area contributed by atoms with Gasteiger partial charge in [-0.1, -0.05) is 23.4 Å². The van der Waals surface area contributed by atoms with Crippen molar-refractivity contribution in [3.8, 4) is 5.75 Å². The third-order valence-corrected chi connectivity index (χ3v) is 2.56. The van der Waals surface area contributed by atoms with Gasteiger partial charge in [-0.15, -0.1) is 0 Å². The maximum absolute atomic E-state index is 5.41. The third kappa shape index (κ3) is 0.894. The zero-order valence-corrected chi connectivity index (χ0v) is 7.51. The zero-order valence-electron chi connectivity index (χ0n) is 7.51. The molecule has 0 aromatic heterocycles. The lowest BCUT2D eigenvalue weighted by Gasteiger charge is -2.27. The Kier molecular flexibility index (Phi) is 1.42. The highest BCUT2D eigenvalue weighted by Crippen LogP contribution is 2.41. The fourth-order valence-corrected chi connectivity index (χ4v) is 1.83. The van der Waals surface area contributed by atoms with Crippen molar-refractivity contribution >= 4 is 6.21 Å². The second-order valence-electron chi connectivity index (χ2n) is 3.39. The van der Waals surface area contributed by atoms with Gasteiger partial charge in [-0.3, -0.25) is 0 Å². The average Bonchev–Trinajstić information content (AvgIpc) is 2.68. The number of nitrogens with zero attached hydrogens (tertiary/aromatic N) is 1. The summed E-state index contributed by atoms with van der Waals surface area (Å²) in [5.41, 5.74) is 0.620. The summed E-state index contributed by atoms with van der Waals surface area (Å²) in [5.74, 6) is 0.848. The molecule has 14 heavy (non-hydrogen) atoms. The highest BCUT2D eigenvalue weighted by atomic mass is 16.7. The van der Waals surface area contributed by atoms with Crippen LogP contribution in [0.25, 0.3) is 0 Å². The molecule has 2 aliphatic heterocycles. The van der Waals surface area contributed by atoms with E-state index in [9.17, 15) is 0 Å². The lowest BCUT2D eigenvalue weighted by atomic mass is 9.89. The molecule has 0 saturated carbocycles. The Morgan fingerprint density at radius 1 is 1.29 bits per heavy atom. The van der Waals surface area contributed by atoms with E-state index in [1.54, 1.807) is 12.5 Å². The second-order valence-corrected chi connectivity index (χ2v) is 3.39. The smallest absolute Gasteiger partial charge is 0.192 e. The summed E-state index contributed by atoms with van der Waals surface area (Å²) in [4.78, 5) is 5.41. The zero-order chi connectivity index (χ0) is 9.43. The van der Waals surface area contributed by atoms with E-state index in [0.717, 1.165) is 17.7 Å². The predicted octanol–water partition coefficient (Wildman–Crippen LogP) is 2.19. The molecule has 1 spiro atoms. The first-order valence-corrected chi connectivity index (χ1v) is 4.55. The maximum atomic E-state index is 5.41. The van der Waals surface area contributed by atoms with Crippen LogP contribution in [0.1, 0.15) is 12.0 Å². The molecule has 2 heterocycles. The standard InChI is InChI=1S/C11H9NO2/c1-2-4-10-9(3-1)11(6-8-13-10)5-7-12-14-11/h1-4,6-8H,5H2. The van der Waals surface area contributed by atoms with E-state index in [1.165, 1.54) is 0 Å². The normalized spacial score (nSPS) is 27.1.